The smallest absolute Gasteiger partial charge is 0.264 e. The van der Waals surface area contributed by atoms with Crippen molar-refractivity contribution in [2.24, 2.45) is 0 Å². The van der Waals surface area contributed by atoms with Gasteiger partial charge in [0.05, 0.1) is 10.6 Å². The highest BCUT2D eigenvalue weighted by Crippen LogP contribution is 2.27. The van der Waals surface area contributed by atoms with Crippen molar-refractivity contribution in [3.8, 4) is 0 Å². The molecule has 1 aliphatic rings. The molecule has 1 fully saturated rings. The predicted octanol–water partition coefficient (Wildman–Crippen LogP) is 5.81. The van der Waals surface area contributed by atoms with E-state index in [4.69, 9.17) is 0 Å². The number of rotatable bonds is 10. The lowest BCUT2D eigenvalue weighted by Gasteiger charge is -2.33. The van der Waals surface area contributed by atoms with E-state index in [1.807, 2.05) is 26.8 Å². The van der Waals surface area contributed by atoms with Gasteiger partial charge in [-0.2, -0.15) is 0 Å². The molecule has 224 valence electrons. The van der Waals surface area contributed by atoms with Crippen molar-refractivity contribution in [2.75, 3.05) is 10.8 Å². The fourth-order valence-corrected chi connectivity index (χ4v) is 6.80. The largest absolute Gasteiger partial charge is 0.352 e. The number of hydrogen-bond donors (Lipinski definition) is 1. The first kappa shape index (κ1) is 31.2. The summed E-state index contributed by atoms with van der Waals surface area (Å²) in [4.78, 5) is 28.9. The summed E-state index contributed by atoms with van der Waals surface area (Å²) in [7, 11) is -4.14. The van der Waals surface area contributed by atoms with Gasteiger partial charge in [0, 0.05) is 12.6 Å². The first-order valence-corrected chi connectivity index (χ1v) is 15.9. The van der Waals surface area contributed by atoms with Crippen LogP contribution in [-0.2, 0) is 26.2 Å². The third-order valence-corrected chi connectivity index (χ3v) is 9.56. The molecule has 42 heavy (non-hydrogen) atoms. The zero-order valence-electron chi connectivity index (χ0n) is 24.8. The van der Waals surface area contributed by atoms with Gasteiger partial charge in [-0.15, -0.1) is 0 Å². The van der Waals surface area contributed by atoms with Gasteiger partial charge in [-0.05, 0) is 93.6 Å². The van der Waals surface area contributed by atoms with Crippen molar-refractivity contribution >= 4 is 27.5 Å². The van der Waals surface area contributed by atoms with Gasteiger partial charge in [-0.25, -0.2) is 12.8 Å². The molecular formula is C33H40FN3O4S. The number of carbonyl (C=O) groups is 2. The molecule has 1 saturated carbocycles. The number of nitrogens with one attached hydrogen (secondary N) is 1. The number of sulfonamides is 1. The summed E-state index contributed by atoms with van der Waals surface area (Å²) in [5.74, 6) is -1.25. The van der Waals surface area contributed by atoms with Crippen LogP contribution in [-0.4, -0.2) is 43.8 Å². The molecule has 0 spiro atoms. The summed E-state index contributed by atoms with van der Waals surface area (Å²) >= 11 is 0. The minimum atomic E-state index is -4.14. The summed E-state index contributed by atoms with van der Waals surface area (Å²) < 4.78 is 42.8. The quantitative estimate of drug-likeness (QED) is 0.321. The van der Waals surface area contributed by atoms with Crippen molar-refractivity contribution in [3.05, 3.63) is 94.8 Å². The monoisotopic (exact) mass is 593 g/mol. The maximum atomic E-state index is 14.1. The molecule has 1 unspecified atom stereocenters. The van der Waals surface area contributed by atoms with Crippen LogP contribution in [0.25, 0.3) is 0 Å². The van der Waals surface area contributed by atoms with Crippen LogP contribution in [0.4, 0.5) is 10.1 Å². The number of nitrogens with zero attached hydrogens (tertiary/aromatic N) is 2. The molecule has 1 atom stereocenters. The molecule has 0 heterocycles. The van der Waals surface area contributed by atoms with Gasteiger partial charge in [-0.3, -0.25) is 13.9 Å². The van der Waals surface area contributed by atoms with E-state index >= 15 is 0 Å². The predicted molar refractivity (Wildman–Crippen MR) is 163 cm³/mol. The maximum Gasteiger partial charge on any atom is 0.264 e. The second kappa shape index (κ2) is 13.5. The van der Waals surface area contributed by atoms with Crippen LogP contribution < -0.4 is 9.62 Å². The first-order chi connectivity index (χ1) is 19.9. The van der Waals surface area contributed by atoms with Gasteiger partial charge in [0.1, 0.15) is 18.4 Å². The summed E-state index contributed by atoms with van der Waals surface area (Å²) in [5, 5.41) is 3.09. The minimum absolute atomic E-state index is 0.0175. The Bertz CT molecular complexity index is 1480. The number of carbonyl (C=O) groups excluding carboxylic acids is 2. The fourth-order valence-electron chi connectivity index (χ4n) is 5.40. The Labute approximate surface area is 248 Å². The van der Waals surface area contributed by atoms with Crippen LogP contribution in [0.15, 0.2) is 71.6 Å². The summed E-state index contributed by atoms with van der Waals surface area (Å²) in [5.41, 5.74) is 3.60. The Hall–Kier alpha value is -3.72. The van der Waals surface area contributed by atoms with Gasteiger partial charge >= 0.3 is 0 Å². The highest BCUT2D eigenvalue weighted by Gasteiger charge is 2.33. The molecule has 0 saturated heterocycles. The van der Waals surface area contributed by atoms with Crippen molar-refractivity contribution in [1.82, 2.24) is 10.2 Å². The molecule has 1 N–H and O–H groups in total. The molecule has 3 aromatic rings. The molecule has 0 aliphatic heterocycles. The summed E-state index contributed by atoms with van der Waals surface area (Å²) in [6, 6.07) is 16.8. The molecule has 2 amide bonds. The van der Waals surface area contributed by atoms with E-state index in [1.165, 1.54) is 29.2 Å². The molecule has 9 heteroatoms. The molecule has 0 radical (unpaired) electrons. The van der Waals surface area contributed by atoms with E-state index in [0.717, 1.165) is 53.1 Å². The number of amides is 2. The topological polar surface area (TPSA) is 86.8 Å². The zero-order chi connectivity index (χ0) is 30.4. The van der Waals surface area contributed by atoms with Crippen molar-refractivity contribution in [1.29, 1.82) is 0 Å². The van der Waals surface area contributed by atoms with Crippen LogP contribution >= 0.6 is 0 Å². The number of anilines is 1. The number of halogens is 1. The van der Waals surface area contributed by atoms with E-state index in [0.29, 0.717) is 11.3 Å². The SMILES string of the molecule is Cc1ccc(S(=O)(=O)N(CC(=O)N(Cc2ccc(F)cc2)C(C)C(=O)NC2CCCCC2)c2cc(C)cc(C)c2)cc1. The molecule has 3 aromatic carbocycles. The van der Waals surface area contributed by atoms with Crippen LogP contribution in [0, 0.1) is 26.6 Å². The maximum absolute atomic E-state index is 14.1. The third kappa shape index (κ3) is 7.76. The lowest BCUT2D eigenvalue weighted by Crippen LogP contribution is -2.53. The second-order valence-electron chi connectivity index (χ2n) is 11.3. The van der Waals surface area contributed by atoms with Crippen LogP contribution in [0.2, 0.25) is 0 Å². The normalized spacial score (nSPS) is 14.7. The van der Waals surface area contributed by atoms with E-state index in [9.17, 15) is 22.4 Å². The van der Waals surface area contributed by atoms with Crippen LogP contribution in [0.5, 0.6) is 0 Å². The Balaban J connectivity index is 1.69. The van der Waals surface area contributed by atoms with Crippen LogP contribution in [0.1, 0.15) is 61.3 Å². The Morgan fingerprint density at radius 2 is 1.48 bits per heavy atom. The molecule has 0 bridgehead atoms. The molecular weight excluding hydrogens is 553 g/mol. The lowest BCUT2D eigenvalue weighted by molar-refractivity contribution is -0.139. The van der Waals surface area contributed by atoms with E-state index < -0.39 is 34.3 Å². The Morgan fingerprint density at radius 1 is 0.881 bits per heavy atom. The van der Waals surface area contributed by atoms with Gasteiger partial charge in [0.25, 0.3) is 10.0 Å². The van der Waals surface area contributed by atoms with E-state index in [1.54, 1.807) is 43.3 Å². The molecule has 1 aliphatic carbocycles. The average molecular weight is 594 g/mol. The average Bonchev–Trinajstić information content (AvgIpc) is 2.95. The lowest BCUT2D eigenvalue weighted by atomic mass is 9.95. The molecule has 0 aromatic heterocycles. The standard InChI is InChI=1S/C33H40FN3O4S/c1-23-10-16-31(17-11-23)42(40,41)37(30-19-24(2)18-25(3)20-30)22-32(38)36(21-27-12-14-28(34)15-13-27)26(4)33(39)35-29-8-6-5-7-9-29/h10-20,26,29H,5-9,21-22H2,1-4H3,(H,35,39). The second-order valence-corrected chi connectivity index (χ2v) is 13.2. The Kier molecular flexibility index (Phi) is 10.0. The van der Waals surface area contributed by atoms with E-state index in [2.05, 4.69) is 5.32 Å². The third-order valence-electron chi connectivity index (χ3n) is 7.77. The minimum Gasteiger partial charge on any atom is -0.352 e. The van der Waals surface area contributed by atoms with Gasteiger partial charge < -0.3 is 10.2 Å². The van der Waals surface area contributed by atoms with Crippen molar-refractivity contribution in [3.63, 3.8) is 0 Å². The van der Waals surface area contributed by atoms with Crippen molar-refractivity contribution in [2.45, 2.75) is 83.3 Å². The number of aryl methyl sites for hydroxylation is 3. The van der Waals surface area contributed by atoms with Gasteiger partial charge in [0.2, 0.25) is 11.8 Å². The molecule has 7 nitrogen and oxygen atoms in total. The van der Waals surface area contributed by atoms with Gasteiger partial charge in [0.15, 0.2) is 0 Å². The van der Waals surface area contributed by atoms with Crippen molar-refractivity contribution < 1.29 is 22.4 Å². The first-order valence-electron chi connectivity index (χ1n) is 14.5. The van der Waals surface area contributed by atoms with E-state index in [-0.39, 0.29) is 23.4 Å². The fraction of sp³-hybridized carbons (Fsp3) is 0.394. The summed E-state index contributed by atoms with van der Waals surface area (Å²) in [6.45, 7) is 6.76. The highest BCUT2D eigenvalue weighted by molar-refractivity contribution is 7.92. The number of hydrogen-bond acceptors (Lipinski definition) is 4. The zero-order valence-corrected chi connectivity index (χ0v) is 25.6. The number of benzene rings is 3. The van der Waals surface area contributed by atoms with Crippen LogP contribution in [0.3, 0.4) is 0 Å². The Morgan fingerprint density at radius 3 is 2.07 bits per heavy atom. The summed E-state index contributed by atoms with van der Waals surface area (Å²) in [6.07, 6.45) is 5.00. The highest BCUT2D eigenvalue weighted by atomic mass is 32.2. The van der Waals surface area contributed by atoms with Gasteiger partial charge in [-0.1, -0.05) is 55.2 Å². The molecule has 4 rings (SSSR count).